The number of aromatic nitrogens is 4. The van der Waals surface area contributed by atoms with E-state index < -0.39 is 17.8 Å². The van der Waals surface area contributed by atoms with Gasteiger partial charge in [-0.25, -0.2) is 0 Å². The molecule has 2 aromatic rings. The fraction of sp³-hybridized carbons (Fsp3) is 0.500. The van der Waals surface area contributed by atoms with Crippen molar-refractivity contribution in [3.8, 4) is 0 Å². The van der Waals surface area contributed by atoms with E-state index in [1.807, 2.05) is 0 Å². The van der Waals surface area contributed by atoms with Gasteiger partial charge in [0.05, 0.1) is 10.7 Å². The summed E-state index contributed by atoms with van der Waals surface area (Å²) in [7, 11) is 0. The maximum atomic E-state index is 12.6. The van der Waals surface area contributed by atoms with E-state index in [2.05, 4.69) is 15.5 Å². The SMILES string of the molecule is Cc1nn(CCCNC(=O)Cn2nc(C(F)(F)F)cc2C)cc1Cl. The molecule has 0 saturated carbocycles. The second-order valence-electron chi connectivity index (χ2n) is 5.36. The molecule has 132 valence electrons. The molecule has 0 atom stereocenters. The zero-order valence-corrected chi connectivity index (χ0v) is 13.9. The van der Waals surface area contributed by atoms with E-state index in [9.17, 15) is 18.0 Å². The highest BCUT2D eigenvalue weighted by molar-refractivity contribution is 6.31. The van der Waals surface area contributed by atoms with Crippen LogP contribution in [0.15, 0.2) is 12.3 Å². The molecule has 0 spiro atoms. The summed E-state index contributed by atoms with van der Waals surface area (Å²) in [5.41, 5.74) is 0.00759. The number of carbonyl (C=O) groups is 1. The van der Waals surface area contributed by atoms with Crippen molar-refractivity contribution in [1.29, 1.82) is 0 Å². The number of hydrogen-bond acceptors (Lipinski definition) is 3. The van der Waals surface area contributed by atoms with Crippen molar-refractivity contribution in [3.63, 3.8) is 0 Å². The molecule has 0 aliphatic heterocycles. The third kappa shape index (κ3) is 4.73. The molecule has 2 rings (SSSR count). The number of nitrogens with zero attached hydrogens (tertiary/aromatic N) is 4. The van der Waals surface area contributed by atoms with Gasteiger partial charge in [-0.15, -0.1) is 0 Å². The summed E-state index contributed by atoms with van der Waals surface area (Å²) in [4.78, 5) is 11.8. The Morgan fingerprint density at radius 2 is 2.04 bits per heavy atom. The number of carbonyl (C=O) groups excluding carboxylic acids is 1. The number of aryl methyl sites for hydroxylation is 3. The summed E-state index contributed by atoms with van der Waals surface area (Å²) in [6, 6.07) is 0.914. The first kappa shape index (κ1) is 18.3. The van der Waals surface area contributed by atoms with Crippen molar-refractivity contribution in [1.82, 2.24) is 24.9 Å². The Labute approximate surface area is 141 Å². The monoisotopic (exact) mass is 363 g/mol. The first-order chi connectivity index (χ1) is 11.2. The Balaban J connectivity index is 1.78. The van der Waals surface area contributed by atoms with Gasteiger partial charge in [-0.05, 0) is 26.3 Å². The molecule has 2 aromatic heterocycles. The van der Waals surface area contributed by atoms with Crippen LogP contribution >= 0.6 is 11.6 Å². The van der Waals surface area contributed by atoms with Gasteiger partial charge in [0.1, 0.15) is 6.54 Å². The molecule has 0 fully saturated rings. The molecule has 0 aromatic carbocycles. The lowest BCUT2D eigenvalue weighted by Gasteiger charge is -2.07. The molecule has 1 amide bonds. The summed E-state index contributed by atoms with van der Waals surface area (Å²) in [6.07, 6.45) is -2.20. The largest absolute Gasteiger partial charge is 0.435 e. The topological polar surface area (TPSA) is 64.7 Å². The Bertz CT molecular complexity index is 703. The third-order valence-electron chi connectivity index (χ3n) is 3.34. The van der Waals surface area contributed by atoms with Gasteiger partial charge in [-0.2, -0.15) is 23.4 Å². The number of nitrogens with one attached hydrogen (secondary N) is 1. The first-order valence-electron chi connectivity index (χ1n) is 7.24. The molecule has 0 saturated heterocycles. The van der Waals surface area contributed by atoms with Crippen LogP contribution in [0.25, 0.3) is 0 Å². The molecule has 0 unspecified atom stereocenters. The molecular formula is C14H17ClF3N5O. The summed E-state index contributed by atoms with van der Waals surface area (Å²) >= 11 is 5.89. The quantitative estimate of drug-likeness (QED) is 0.802. The van der Waals surface area contributed by atoms with Crippen molar-refractivity contribution < 1.29 is 18.0 Å². The van der Waals surface area contributed by atoms with Crippen molar-refractivity contribution in [2.45, 2.75) is 39.5 Å². The Hall–Kier alpha value is -2.03. The predicted octanol–water partition coefficient (Wildman–Crippen LogP) is 2.58. The van der Waals surface area contributed by atoms with Gasteiger partial charge in [-0.1, -0.05) is 11.6 Å². The second-order valence-corrected chi connectivity index (χ2v) is 5.76. The maximum Gasteiger partial charge on any atom is 0.435 e. The molecule has 1 N–H and O–H groups in total. The standard InChI is InChI=1S/C14H17ClF3N5O/c1-9-6-12(14(16,17)18)21-23(9)8-13(24)19-4-3-5-22-7-11(15)10(2)20-22/h6-7H,3-5,8H2,1-2H3,(H,19,24). The van der Waals surface area contributed by atoms with Gasteiger partial charge < -0.3 is 5.32 Å². The molecule has 2 heterocycles. The van der Waals surface area contributed by atoms with Crippen LogP contribution in [0.2, 0.25) is 5.02 Å². The van der Waals surface area contributed by atoms with Crippen LogP contribution in [0.4, 0.5) is 13.2 Å². The molecule has 6 nitrogen and oxygen atoms in total. The number of hydrogen-bond donors (Lipinski definition) is 1. The lowest BCUT2D eigenvalue weighted by Crippen LogP contribution is -2.29. The minimum atomic E-state index is -4.52. The summed E-state index contributed by atoms with van der Waals surface area (Å²) in [5, 5.41) is 10.8. The Morgan fingerprint density at radius 3 is 2.58 bits per heavy atom. The fourth-order valence-corrected chi connectivity index (χ4v) is 2.23. The smallest absolute Gasteiger partial charge is 0.354 e. The van der Waals surface area contributed by atoms with E-state index in [0.717, 1.165) is 16.4 Å². The third-order valence-corrected chi connectivity index (χ3v) is 3.71. The summed E-state index contributed by atoms with van der Waals surface area (Å²) in [5.74, 6) is -0.399. The van der Waals surface area contributed by atoms with E-state index >= 15 is 0 Å². The minimum absolute atomic E-state index is 0.255. The fourth-order valence-electron chi connectivity index (χ4n) is 2.08. The maximum absolute atomic E-state index is 12.6. The van der Waals surface area contributed by atoms with E-state index in [1.54, 1.807) is 17.8 Å². The van der Waals surface area contributed by atoms with Crippen LogP contribution in [-0.2, 0) is 24.1 Å². The number of alkyl halides is 3. The average molecular weight is 364 g/mol. The van der Waals surface area contributed by atoms with E-state index in [-0.39, 0.29) is 12.2 Å². The molecule has 10 heteroatoms. The van der Waals surface area contributed by atoms with Gasteiger partial charge in [0.2, 0.25) is 5.91 Å². The summed E-state index contributed by atoms with van der Waals surface area (Å²) in [6.45, 7) is 3.96. The predicted molar refractivity (Wildman–Crippen MR) is 81.6 cm³/mol. The molecule has 0 aliphatic rings. The van der Waals surface area contributed by atoms with Gasteiger partial charge in [0.25, 0.3) is 0 Å². The Morgan fingerprint density at radius 1 is 1.33 bits per heavy atom. The van der Waals surface area contributed by atoms with Crippen LogP contribution in [0.1, 0.15) is 23.5 Å². The van der Waals surface area contributed by atoms with Gasteiger partial charge >= 0.3 is 6.18 Å². The normalized spacial score (nSPS) is 11.8. The van der Waals surface area contributed by atoms with E-state index in [0.29, 0.717) is 24.5 Å². The van der Waals surface area contributed by atoms with E-state index in [1.165, 1.54) is 6.92 Å². The molecule has 0 bridgehead atoms. The lowest BCUT2D eigenvalue weighted by atomic mass is 10.3. The second kappa shape index (κ2) is 7.25. The number of rotatable bonds is 6. The number of amides is 1. The average Bonchev–Trinajstić information content (AvgIpc) is 2.99. The highest BCUT2D eigenvalue weighted by atomic mass is 35.5. The van der Waals surface area contributed by atoms with Gasteiger partial charge in [0.15, 0.2) is 5.69 Å². The van der Waals surface area contributed by atoms with Crippen LogP contribution in [0, 0.1) is 13.8 Å². The highest BCUT2D eigenvalue weighted by Gasteiger charge is 2.34. The van der Waals surface area contributed by atoms with Crippen molar-refractivity contribution in [2.75, 3.05) is 6.54 Å². The molecule has 24 heavy (non-hydrogen) atoms. The van der Waals surface area contributed by atoms with Crippen molar-refractivity contribution in [3.05, 3.63) is 34.4 Å². The zero-order chi connectivity index (χ0) is 17.9. The van der Waals surface area contributed by atoms with Crippen LogP contribution in [0.3, 0.4) is 0 Å². The highest BCUT2D eigenvalue weighted by Crippen LogP contribution is 2.28. The summed E-state index contributed by atoms with van der Waals surface area (Å²) < 4.78 is 40.4. The minimum Gasteiger partial charge on any atom is -0.354 e. The molecule has 0 aliphatic carbocycles. The van der Waals surface area contributed by atoms with Crippen LogP contribution < -0.4 is 5.32 Å². The van der Waals surface area contributed by atoms with Crippen LogP contribution in [-0.4, -0.2) is 32.0 Å². The van der Waals surface area contributed by atoms with Crippen LogP contribution in [0.5, 0.6) is 0 Å². The van der Waals surface area contributed by atoms with Gasteiger partial charge in [0, 0.05) is 25.0 Å². The van der Waals surface area contributed by atoms with Crippen molar-refractivity contribution >= 4 is 17.5 Å². The van der Waals surface area contributed by atoms with Crippen molar-refractivity contribution in [2.24, 2.45) is 0 Å². The Kier molecular flexibility index (Phi) is 5.53. The number of halogens is 4. The molecule has 0 radical (unpaired) electrons. The van der Waals surface area contributed by atoms with E-state index in [4.69, 9.17) is 11.6 Å². The molecular weight excluding hydrogens is 347 g/mol. The zero-order valence-electron chi connectivity index (χ0n) is 13.2. The lowest BCUT2D eigenvalue weighted by molar-refractivity contribution is -0.141. The van der Waals surface area contributed by atoms with Gasteiger partial charge in [-0.3, -0.25) is 14.2 Å². The first-order valence-corrected chi connectivity index (χ1v) is 7.62.